The maximum atomic E-state index is 11.7. The number of aromatic nitrogens is 4. The fraction of sp³-hybridized carbons (Fsp3) is 0.571. The summed E-state index contributed by atoms with van der Waals surface area (Å²) in [6, 6.07) is 1.76. The molecule has 2 rings (SSSR count). The molecule has 2 aromatic rings. The van der Waals surface area contributed by atoms with E-state index in [1.807, 2.05) is 27.7 Å². The molecule has 1 unspecified atom stereocenters. The zero-order valence-corrected chi connectivity index (χ0v) is 21.3. The number of nitrogens with one attached hydrogen (secondary N) is 1. The molecule has 33 heavy (non-hydrogen) atoms. The van der Waals surface area contributed by atoms with Crippen LogP contribution in [0.15, 0.2) is 17.3 Å². The molecule has 0 aliphatic rings. The van der Waals surface area contributed by atoms with Crippen LogP contribution < -0.4 is 9.46 Å². The zero-order valence-electron chi connectivity index (χ0n) is 19.7. The van der Waals surface area contributed by atoms with Gasteiger partial charge in [0.25, 0.3) is 5.95 Å². The molecule has 0 amide bonds. The van der Waals surface area contributed by atoms with Gasteiger partial charge >= 0.3 is 0 Å². The van der Waals surface area contributed by atoms with Gasteiger partial charge in [0.15, 0.2) is 0 Å². The first kappa shape index (κ1) is 26.9. The van der Waals surface area contributed by atoms with Crippen LogP contribution in [0.4, 0.5) is 11.9 Å². The third-order valence-corrected chi connectivity index (χ3v) is 5.56. The number of hydrogen-bond donors (Lipinski definition) is 2. The number of ether oxygens (including phenoxy) is 1. The maximum Gasteiger partial charge on any atom is 0.254 e. The van der Waals surface area contributed by atoms with Crippen LogP contribution in [0.5, 0.6) is 5.88 Å². The second kappa shape index (κ2) is 11.2. The first-order valence-electron chi connectivity index (χ1n) is 10.4. The molecule has 2 N–H and O–H groups in total. The zero-order chi connectivity index (χ0) is 24.8. The second-order valence-electron chi connectivity index (χ2n) is 8.88. The Labute approximate surface area is 200 Å². The molecular weight excluding hydrogens is 468 g/mol. The van der Waals surface area contributed by atoms with Gasteiger partial charge in [-0.3, -0.25) is 4.72 Å². The minimum atomic E-state index is -3.61. The molecule has 2 aromatic heterocycles. The molecule has 0 aromatic carbocycles. The monoisotopic (exact) mass is 498 g/mol. The molecule has 0 aliphatic carbocycles. The summed E-state index contributed by atoms with van der Waals surface area (Å²) >= 11 is 6.24. The highest BCUT2D eigenvalue weighted by Crippen LogP contribution is 2.31. The van der Waals surface area contributed by atoms with Crippen molar-refractivity contribution in [2.45, 2.75) is 46.0 Å². The van der Waals surface area contributed by atoms with Gasteiger partial charge in [0.05, 0.1) is 20.0 Å². The molecule has 1 atom stereocenters. The molecule has 2 heterocycles. The van der Waals surface area contributed by atoms with E-state index >= 15 is 0 Å². The van der Waals surface area contributed by atoms with Gasteiger partial charge in [-0.15, -0.1) is 0 Å². The van der Waals surface area contributed by atoms with Crippen LogP contribution in [0, 0.1) is 11.8 Å². The van der Waals surface area contributed by atoms with Crippen molar-refractivity contribution in [3.05, 3.63) is 28.7 Å². The lowest BCUT2D eigenvalue weighted by Crippen LogP contribution is -2.23. The molecule has 0 fully saturated rings. The van der Waals surface area contributed by atoms with Crippen molar-refractivity contribution in [3.63, 3.8) is 0 Å². The van der Waals surface area contributed by atoms with Gasteiger partial charge < -0.3 is 9.84 Å². The van der Waals surface area contributed by atoms with Gasteiger partial charge in [0, 0.05) is 24.8 Å². The van der Waals surface area contributed by atoms with Gasteiger partial charge in [-0.25, -0.2) is 18.4 Å². The van der Waals surface area contributed by atoms with Crippen LogP contribution in [-0.4, -0.2) is 59.6 Å². The van der Waals surface area contributed by atoms with Crippen LogP contribution in [-0.2, 0) is 21.9 Å². The Balaban J connectivity index is 2.40. The predicted octanol–water partition coefficient (Wildman–Crippen LogP) is 3.18. The van der Waals surface area contributed by atoms with Crippen LogP contribution in [0.25, 0.3) is 0 Å². The van der Waals surface area contributed by atoms with Crippen molar-refractivity contribution in [2.75, 3.05) is 24.7 Å². The Bertz CT molecular complexity index is 1090. The van der Waals surface area contributed by atoms with Crippen LogP contribution in [0.3, 0.4) is 0 Å². The molecule has 12 heteroatoms. The van der Waals surface area contributed by atoms with Crippen LogP contribution in [0.1, 0.15) is 45.5 Å². The Morgan fingerprint density at radius 2 is 2.00 bits per heavy atom. The van der Waals surface area contributed by atoms with E-state index in [0.29, 0.717) is 29.1 Å². The van der Waals surface area contributed by atoms with Gasteiger partial charge in [-0.05, 0) is 29.4 Å². The lowest BCUT2D eigenvalue weighted by Gasteiger charge is -2.24. The Hall–Kier alpha value is -2.37. The molecular formula is C21H31ClN6O4S. The maximum absolute atomic E-state index is 11.7. The third kappa shape index (κ3) is 8.49. The van der Waals surface area contributed by atoms with Crippen molar-refractivity contribution in [3.8, 4) is 5.88 Å². The number of methoxy groups -OCH3 is 1. The third-order valence-electron chi connectivity index (χ3n) is 4.74. The van der Waals surface area contributed by atoms with E-state index in [-0.39, 0.29) is 24.4 Å². The number of halogens is 1. The van der Waals surface area contributed by atoms with E-state index in [1.54, 1.807) is 18.5 Å². The predicted molar refractivity (Wildman–Crippen MR) is 129 cm³/mol. The number of nitrogens with zero attached hydrogens (tertiary/aromatic N) is 5. The SMILES string of the molecule is COc1ncc(C(C)(C)Cc2nc(/N=C\C(CO)CC(C)C)nc(NS(C)(=O)=O)n2)cc1Cl. The smallest absolute Gasteiger partial charge is 0.254 e. The number of aliphatic hydroxyl groups is 1. The average Bonchev–Trinajstić information content (AvgIpc) is 2.69. The topological polar surface area (TPSA) is 140 Å². The van der Waals surface area contributed by atoms with Gasteiger partial charge in [0.2, 0.25) is 21.9 Å². The number of rotatable bonds is 11. The largest absolute Gasteiger partial charge is 0.480 e. The minimum absolute atomic E-state index is 0.0510. The first-order chi connectivity index (χ1) is 15.3. The van der Waals surface area contributed by atoms with Crippen molar-refractivity contribution in [1.29, 1.82) is 0 Å². The molecule has 0 radical (unpaired) electrons. The number of aliphatic imine (C=N–C) groups is 1. The van der Waals surface area contributed by atoms with Gasteiger partial charge in [0.1, 0.15) is 10.8 Å². The van der Waals surface area contributed by atoms with Crippen molar-refractivity contribution < 1.29 is 18.3 Å². The van der Waals surface area contributed by atoms with Crippen LogP contribution in [0.2, 0.25) is 5.02 Å². The lowest BCUT2D eigenvalue weighted by molar-refractivity contribution is 0.247. The fourth-order valence-corrected chi connectivity index (χ4v) is 3.83. The molecule has 0 bridgehead atoms. The van der Waals surface area contributed by atoms with Crippen molar-refractivity contribution in [2.24, 2.45) is 16.8 Å². The highest BCUT2D eigenvalue weighted by atomic mass is 35.5. The first-order valence-corrected chi connectivity index (χ1v) is 12.7. The average molecular weight is 499 g/mol. The quantitative estimate of drug-likeness (QED) is 0.450. The summed E-state index contributed by atoms with van der Waals surface area (Å²) < 4.78 is 30.9. The van der Waals surface area contributed by atoms with E-state index in [0.717, 1.165) is 18.2 Å². The summed E-state index contributed by atoms with van der Waals surface area (Å²) in [5, 5.41) is 9.97. The Morgan fingerprint density at radius 3 is 2.55 bits per heavy atom. The van der Waals surface area contributed by atoms with E-state index in [2.05, 4.69) is 29.7 Å². The van der Waals surface area contributed by atoms with Crippen molar-refractivity contribution in [1.82, 2.24) is 19.9 Å². The van der Waals surface area contributed by atoms with Crippen LogP contribution >= 0.6 is 11.6 Å². The minimum Gasteiger partial charge on any atom is -0.480 e. The number of hydrogen-bond acceptors (Lipinski definition) is 9. The molecule has 0 aliphatic heterocycles. The molecule has 0 spiro atoms. The Morgan fingerprint density at radius 1 is 1.30 bits per heavy atom. The van der Waals surface area contributed by atoms with E-state index in [1.165, 1.54) is 7.11 Å². The molecule has 0 saturated heterocycles. The normalized spacial score (nSPS) is 13.5. The lowest BCUT2D eigenvalue weighted by atomic mass is 9.82. The molecule has 182 valence electrons. The molecule has 0 saturated carbocycles. The second-order valence-corrected chi connectivity index (χ2v) is 11.0. The fourth-order valence-electron chi connectivity index (χ4n) is 3.16. The number of sulfonamides is 1. The number of pyridine rings is 1. The summed E-state index contributed by atoms with van der Waals surface area (Å²) in [6.45, 7) is 7.97. The van der Waals surface area contributed by atoms with Gasteiger partial charge in [-0.1, -0.05) is 39.3 Å². The summed E-state index contributed by atoms with van der Waals surface area (Å²) in [5.41, 5.74) is 0.326. The highest BCUT2D eigenvalue weighted by Gasteiger charge is 2.25. The summed E-state index contributed by atoms with van der Waals surface area (Å²) in [7, 11) is -2.12. The summed E-state index contributed by atoms with van der Waals surface area (Å²) in [4.78, 5) is 21.3. The van der Waals surface area contributed by atoms with E-state index in [4.69, 9.17) is 16.3 Å². The standard InChI is InChI=1S/C21H31ClN6O4S/c1-13(2)7-14(12-29)10-24-19-25-17(26-20(27-19)28-33(6,30)31)9-21(3,4)15-8-16(22)18(32-5)23-11-15/h8,10-11,13-14,29H,7,9,12H2,1-6H3,(H,25,26,27,28)/b24-10-. The van der Waals surface area contributed by atoms with Crippen molar-refractivity contribution >= 4 is 39.7 Å². The van der Waals surface area contributed by atoms with Gasteiger partial charge in [-0.2, -0.15) is 15.0 Å². The van der Waals surface area contributed by atoms with E-state index in [9.17, 15) is 13.5 Å². The van der Waals surface area contributed by atoms with E-state index < -0.39 is 15.4 Å². The number of anilines is 1. The Kier molecular flexibility index (Phi) is 9.10. The molecule has 10 nitrogen and oxygen atoms in total. The highest BCUT2D eigenvalue weighted by molar-refractivity contribution is 7.91. The summed E-state index contributed by atoms with van der Waals surface area (Å²) in [6.07, 6.45) is 5.33. The summed E-state index contributed by atoms with van der Waals surface area (Å²) in [5.74, 6) is 0.795. The number of aliphatic hydroxyl groups excluding tert-OH is 1.